The second kappa shape index (κ2) is 6.48. The van der Waals surface area contributed by atoms with Crippen molar-refractivity contribution in [3.8, 4) is 0 Å². The molecule has 0 aromatic carbocycles. The summed E-state index contributed by atoms with van der Waals surface area (Å²) in [4.78, 5) is 18.9. The third kappa shape index (κ3) is 2.85. The van der Waals surface area contributed by atoms with Crippen molar-refractivity contribution >= 4 is 22.4 Å². The van der Waals surface area contributed by atoms with Crippen LogP contribution in [0.1, 0.15) is 47.4 Å². The molecule has 2 N–H and O–H groups in total. The second-order valence-corrected chi connectivity index (χ2v) is 6.40. The molecule has 3 heterocycles. The summed E-state index contributed by atoms with van der Waals surface area (Å²) in [5, 5.41) is 12.9. The number of piperidine rings is 1. The lowest BCUT2D eigenvalue weighted by Gasteiger charge is -2.32. The molecule has 2 aromatic rings. The van der Waals surface area contributed by atoms with E-state index >= 15 is 0 Å². The van der Waals surface area contributed by atoms with Gasteiger partial charge in [-0.1, -0.05) is 6.92 Å². The molecule has 1 amide bonds. The van der Waals surface area contributed by atoms with Crippen molar-refractivity contribution in [2.24, 2.45) is 0 Å². The van der Waals surface area contributed by atoms with Crippen molar-refractivity contribution in [3.05, 3.63) is 28.5 Å². The van der Waals surface area contributed by atoms with Crippen LogP contribution in [0.2, 0.25) is 0 Å². The van der Waals surface area contributed by atoms with Crippen LogP contribution in [0.25, 0.3) is 0 Å². The average Bonchev–Trinajstić information content (AvgIpc) is 3.23. The number of anilines is 1. The highest BCUT2D eigenvalue weighted by molar-refractivity contribution is 7.13. The molecule has 6 nitrogen and oxygen atoms in total. The zero-order chi connectivity index (χ0) is 15.5. The minimum Gasteiger partial charge on any atom is -0.365 e. The highest BCUT2D eigenvalue weighted by atomic mass is 32.1. The van der Waals surface area contributed by atoms with E-state index < -0.39 is 0 Å². The number of hydrogen-bond donors (Lipinski definition) is 2. The van der Waals surface area contributed by atoms with Gasteiger partial charge in [-0.05, 0) is 24.8 Å². The lowest BCUT2D eigenvalue weighted by Crippen LogP contribution is -2.39. The number of nitrogens with one attached hydrogen (secondary N) is 2. The Kier molecular flexibility index (Phi) is 4.42. The predicted molar refractivity (Wildman–Crippen MR) is 87.5 cm³/mol. The largest absolute Gasteiger partial charge is 0.365 e. The minimum atomic E-state index is 0.0278. The molecule has 0 unspecified atom stereocenters. The van der Waals surface area contributed by atoms with Crippen LogP contribution < -0.4 is 5.32 Å². The van der Waals surface area contributed by atoms with Crippen LogP contribution in [0, 0.1) is 0 Å². The number of thiazole rings is 1. The summed E-state index contributed by atoms with van der Waals surface area (Å²) in [5.74, 6) is 0.373. The molecule has 0 spiro atoms. The summed E-state index contributed by atoms with van der Waals surface area (Å²) < 4.78 is 0. The van der Waals surface area contributed by atoms with Crippen LogP contribution in [0.3, 0.4) is 0 Å². The number of likely N-dealkylation sites (tertiary alicyclic amines) is 1. The topological polar surface area (TPSA) is 73.9 Å². The van der Waals surface area contributed by atoms with Crippen molar-refractivity contribution < 1.29 is 4.79 Å². The Balaban J connectivity index is 1.74. The number of carbonyl (C=O) groups excluding carboxylic acids is 1. The molecule has 3 rings (SSSR count). The first-order valence-electron chi connectivity index (χ1n) is 7.67. The number of nitrogens with zero attached hydrogens (tertiary/aromatic N) is 3. The molecule has 1 aliphatic heterocycles. The van der Waals surface area contributed by atoms with Gasteiger partial charge < -0.3 is 10.2 Å². The number of aromatic nitrogens is 3. The SMILES string of the molecule is CCc1cn[nH]c1[C@@H]1CCCN(C(=O)c2csc(NC)n2)C1. The minimum absolute atomic E-state index is 0.0278. The second-order valence-electron chi connectivity index (χ2n) is 5.54. The molecule has 2 aromatic heterocycles. The van der Waals surface area contributed by atoms with Crippen molar-refractivity contribution in [3.63, 3.8) is 0 Å². The fourth-order valence-corrected chi connectivity index (χ4v) is 3.65. The fourth-order valence-electron chi connectivity index (χ4n) is 3.00. The standard InChI is InChI=1S/C15H21N5OS/c1-3-10-7-17-19-13(10)11-5-4-6-20(8-11)14(21)12-9-22-15(16-2)18-12/h7,9,11H,3-6,8H2,1-2H3,(H,16,18)(H,17,19)/t11-/m1/s1. The summed E-state index contributed by atoms with van der Waals surface area (Å²) in [5.41, 5.74) is 2.98. The Morgan fingerprint density at radius 1 is 1.59 bits per heavy atom. The van der Waals surface area contributed by atoms with Gasteiger partial charge in [0.2, 0.25) is 0 Å². The van der Waals surface area contributed by atoms with Crippen LogP contribution in [0.4, 0.5) is 5.13 Å². The van der Waals surface area contributed by atoms with Crippen molar-refractivity contribution in [1.82, 2.24) is 20.1 Å². The van der Waals surface area contributed by atoms with Crippen LogP contribution in [0.15, 0.2) is 11.6 Å². The summed E-state index contributed by atoms with van der Waals surface area (Å²) >= 11 is 1.46. The lowest BCUT2D eigenvalue weighted by atomic mass is 9.92. The first-order valence-corrected chi connectivity index (χ1v) is 8.55. The molecule has 1 fully saturated rings. The Labute approximate surface area is 133 Å². The van der Waals surface area contributed by atoms with E-state index in [9.17, 15) is 4.79 Å². The molecule has 118 valence electrons. The number of amides is 1. The zero-order valence-corrected chi connectivity index (χ0v) is 13.7. The zero-order valence-electron chi connectivity index (χ0n) is 12.9. The maximum absolute atomic E-state index is 12.6. The Bertz CT molecular complexity index is 650. The van der Waals surface area contributed by atoms with Gasteiger partial charge in [0.1, 0.15) is 5.69 Å². The third-order valence-electron chi connectivity index (χ3n) is 4.19. The monoisotopic (exact) mass is 319 g/mol. The number of hydrogen-bond acceptors (Lipinski definition) is 5. The summed E-state index contributed by atoms with van der Waals surface area (Å²) in [7, 11) is 1.81. The van der Waals surface area contributed by atoms with Crippen LogP contribution in [-0.2, 0) is 6.42 Å². The Morgan fingerprint density at radius 2 is 2.45 bits per heavy atom. The lowest BCUT2D eigenvalue weighted by molar-refractivity contribution is 0.0700. The van der Waals surface area contributed by atoms with Gasteiger partial charge in [-0.25, -0.2) is 4.98 Å². The maximum atomic E-state index is 12.6. The van der Waals surface area contributed by atoms with Gasteiger partial charge in [-0.3, -0.25) is 9.89 Å². The van der Waals surface area contributed by atoms with Crippen LogP contribution >= 0.6 is 11.3 Å². The summed E-state index contributed by atoms with van der Waals surface area (Å²) in [6, 6.07) is 0. The van der Waals surface area contributed by atoms with Gasteiger partial charge in [-0.15, -0.1) is 11.3 Å². The van der Waals surface area contributed by atoms with Crippen LogP contribution in [-0.4, -0.2) is 46.1 Å². The molecular formula is C15H21N5OS. The van der Waals surface area contributed by atoms with Gasteiger partial charge in [0, 0.05) is 37.1 Å². The Morgan fingerprint density at radius 3 is 3.18 bits per heavy atom. The number of aromatic amines is 1. The highest BCUT2D eigenvalue weighted by Crippen LogP contribution is 2.29. The third-order valence-corrected chi connectivity index (χ3v) is 5.05. The van der Waals surface area contributed by atoms with Gasteiger partial charge in [-0.2, -0.15) is 5.10 Å². The predicted octanol–water partition coefficient (Wildman–Crippen LogP) is 2.49. The number of H-pyrrole nitrogens is 1. The number of carbonyl (C=O) groups is 1. The summed E-state index contributed by atoms with van der Waals surface area (Å²) in [6.07, 6.45) is 4.98. The van der Waals surface area contributed by atoms with E-state index in [0.717, 1.165) is 37.5 Å². The van der Waals surface area contributed by atoms with E-state index in [1.165, 1.54) is 22.6 Å². The van der Waals surface area contributed by atoms with E-state index in [2.05, 4.69) is 27.4 Å². The normalized spacial score (nSPS) is 18.5. The molecule has 0 bridgehead atoms. The first-order chi connectivity index (χ1) is 10.7. The van der Waals surface area contributed by atoms with Crippen LogP contribution in [0.5, 0.6) is 0 Å². The van der Waals surface area contributed by atoms with Gasteiger partial charge in [0.15, 0.2) is 5.13 Å². The molecule has 1 saturated heterocycles. The smallest absolute Gasteiger partial charge is 0.273 e. The molecular weight excluding hydrogens is 298 g/mol. The van der Waals surface area contributed by atoms with E-state index in [-0.39, 0.29) is 5.91 Å². The number of rotatable bonds is 4. The molecule has 7 heteroatoms. The molecule has 0 saturated carbocycles. The Hall–Kier alpha value is -1.89. The van der Waals surface area contributed by atoms with Crippen molar-refractivity contribution in [1.29, 1.82) is 0 Å². The highest BCUT2D eigenvalue weighted by Gasteiger charge is 2.28. The fraction of sp³-hybridized carbons (Fsp3) is 0.533. The molecule has 1 atom stereocenters. The van der Waals surface area contributed by atoms with Gasteiger partial charge >= 0.3 is 0 Å². The number of aryl methyl sites for hydroxylation is 1. The molecule has 0 aliphatic carbocycles. The molecule has 1 aliphatic rings. The quantitative estimate of drug-likeness (QED) is 0.908. The molecule has 22 heavy (non-hydrogen) atoms. The van der Waals surface area contributed by atoms with E-state index in [4.69, 9.17) is 0 Å². The van der Waals surface area contributed by atoms with Crippen molar-refractivity contribution in [2.75, 3.05) is 25.5 Å². The van der Waals surface area contributed by atoms with Gasteiger partial charge in [0.25, 0.3) is 5.91 Å². The van der Waals surface area contributed by atoms with Gasteiger partial charge in [0.05, 0.1) is 6.20 Å². The summed E-state index contributed by atoms with van der Waals surface area (Å²) in [6.45, 7) is 3.67. The van der Waals surface area contributed by atoms with E-state index in [1.54, 1.807) is 0 Å². The molecule has 0 radical (unpaired) electrons. The first kappa shape index (κ1) is 15.0. The van der Waals surface area contributed by atoms with E-state index in [0.29, 0.717) is 11.6 Å². The van der Waals surface area contributed by atoms with E-state index in [1.807, 2.05) is 23.5 Å². The van der Waals surface area contributed by atoms with Crippen molar-refractivity contribution in [2.45, 2.75) is 32.1 Å². The average molecular weight is 319 g/mol. The maximum Gasteiger partial charge on any atom is 0.273 e.